The fourth-order valence-corrected chi connectivity index (χ4v) is 3.98. The maximum absolute atomic E-state index is 11.6. The topological polar surface area (TPSA) is 95.6 Å². The molecule has 0 heterocycles. The molecule has 1 amide bonds. The zero-order valence-electron chi connectivity index (χ0n) is 19.7. The van der Waals surface area contributed by atoms with Gasteiger partial charge in [-0.3, -0.25) is 4.79 Å². The lowest BCUT2D eigenvalue weighted by Gasteiger charge is -2.13. The van der Waals surface area contributed by atoms with Gasteiger partial charge in [-0.2, -0.15) is 0 Å². The second-order valence-electron chi connectivity index (χ2n) is 8.80. The van der Waals surface area contributed by atoms with Crippen LogP contribution in [0.25, 0.3) is 0 Å². The van der Waals surface area contributed by atoms with Crippen LogP contribution in [0.1, 0.15) is 113 Å². The first kappa shape index (κ1) is 27.4. The van der Waals surface area contributed by atoms with Crippen molar-refractivity contribution in [2.75, 3.05) is 18.5 Å². The Morgan fingerprint density at radius 3 is 1.90 bits per heavy atom. The highest BCUT2D eigenvalue weighted by molar-refractivity contribution is 5.94. The Morgan fingerprint density at radius 1 is 0.903 bits per heavy atom. The van der Waals surface area contributed by atoms with E-state index in [1.54, 1.807) is 6.07 Å². The van der Waals surface area contributed by atoms with E-state index in [0.29, 0.717) is 11.1 Å². The number of primary amides is 1. The molecule has 178 valence electrons. The molecule has 0 aliphatic heterocycles. The van der Waals surface area contributed by atoms with Gasteiger partial charge in [0.2, 0.25) is 5.91 Å². The molecule has 0 saturated carbocycles. The number of nitrogens with two attached hydrogens (primary N) is 1. The molecule has 0 aliphatic rings. The molecule has 1 aromatic rings. The van der Waals surface area contributed by atoms with Crippen molar-refractivity contribution in [1.29, 1.82) is 0 Å². The van der Waals surface area contributed by atoms with Gasteiger partial charge in [-0.15, -0.1) is 0 Å². The minimum atomic E-state index is -0.890. The van der Waals surface area contributed by atoms with Crippen molar-refractivity contribution in [2.24, 2.45) is 5.73 Å². The standard InChI is InChI=1S/C26H46N2O3/c1-2-3-4-5-6-7-8-9-10-11-12-13-14-15-18-28-23-16-17-25(26(27)31)22(19-23)20-24(30)21-29/h16-17,19,24,28-30H,2-15,18,20-21H2,1H3,(H2,27,31). The number of nitrogens with one attached hydrogen (secondary N) is 1. The number of aliphatic hydroxyl groups is 2. The molecule has 5 N–H and O–H groups in total. The molecule has 0 fully saturated rings. The molecule has 1 atom stereocenters. The second kappa shape index (κ2) is 18.0. The van der Waals surface area contributed by atoms with E-state index in [0.717, 1.165) is 18.7 Å². The van der Waals surface area contributed by atoms with Crippen molar-refractivity contribution in [2.45, 2.75) is 109 Å². The highest BCUT2D eigenvalue weighted by atomic mass is 16.3. The largest absolute Gasteiger partial charge is 0.394 e. The number of rotatable bonds is 20. The first-order valence-corrected chi connectivity index (χ1v) is 12.5. The van der Waals surface area contributed by atoms with Gasteiger partial charge in [-0.05, 0) is 30.2 Å². The van der Waals surface area contributed by atoms with E-state index in [9.17, 15) is 9.90 Å². The van der Waals surface area contributed by atoms with Crippen molar-refractivity contribution in [3.05, 3.63) is 29.3 Å². The monoisotopic (exact) mass is 434 g/mol. The molecule has 0 radical (unpaired) electrons. The third kappa shape index (κ3) is 13.4. The zero-order valence-corrected chi connectivity index (χ0v) is 19.7. The van der Waals surface area contributed by atoms with Crippen LogP contribution >= 0.6 is 0 Å². The molecule has 0 aromatic heterocycles. The molecule has 0 aliphatic carbocycles. The molecular formula is C26H46N2O3. The summed E-state index contributed by atoms with van der Waals surface area (Å²) in [6, 6.07) is 5.39. The third-order valence-electron chi connectivity index (χ3n) is 5.90. The molecule has 5 heteroatoms. The van der Waals surface area contributed by atoms with Gasteiger partial charge in [0, 0.05) is 24.2 Å². The number of carbonyl (C=O) groups is 1. The van der Waals surface area contributed by atoms with Crippen LogP contribution in [-0.2, 0) is 6.42 Å². The van der Waals surface area contributed by atoms with E-state index < -0.39 is 12.0 Å². The number of aliphatic hydroxyl groups excluding tert-OH is 2. The van der Waals surface area contributed by atoms with Crippen LogP contribution in [0, 0.1) is 0 Å². The molecule has 1 unspecified atom stereocenters. The quantitative estimate of drug-likeness (QED) is 0.202. The van der Waals surface area contributed by atoms with Crippen LogP contribution < -0.4 is 11.1 Å². The average Bonchev–Trinajstić information content (AvgIpc) is 2.76. The summed E-state index contributed by atoms with van der Waals surface area (Å²) in [4.78, 5) is 11.6. The Hall–Kier alpha value is -1.59. The zero-order chi connectivity index (χ0) is 22.7. The van der Waals surface area contributed by atoms with Crippen molar-refractivity contribution >= 4 is 11.6 Å². The molecule has 5 nitrogen and oxygen atoms in total. The Kier molecular flexibility index (Phi) is 16.0. The van der Waals surface area contributed by atoms with Crippen LogP contribution in [0.2, 0.25) is 0 Å². The number of benzene rings is 1. The van der Waals surface area contributed by atoms with E-state index in [2.05, 4.69) is 12.2 Å². The summed E-state index contributed by atoms with van der Waals surface area (Å²) in [6.07, 6.45) is 18.2. The van der Waals surface area contributed by atoms with Crippen LogP contribution in [0.3, 0.4) is 0 Å². The molecular weight excluding hydrogens is 388 g/mol. The van der Waals surface area contributed by atoms with Gasteiger partial charge in [0.15, 0.2) is 0 Å². The summed E-state index contributed by atoms with van der Waals surface area (Å²) in [5.74, 6) is -0.515. The maximum Gasteiger partial charge on any atom is 0.248 e. The van der Waals surface area contributed by atoms with Gasteiger partial charge in [-0.25, -0.2) is 0 Å². The minimum absolute atomic E-state index is 0.211. The third-order valence-corrected chi connectivity index (χ3v) is 5.90. The van der Waals surface area contributed by atoms with E-state index in [1.165, 1.54) is 83.5 Å². The Balaban J connectivity index is 2.08. The van der Waals surface area contributed by atoms with Gasteiger partial charge in [-0.1, -0.05) is 90.4 Å². The summed E-state index contributed by atoms with van der Waals surface area (Å²) in [5, 5.41) is 22.2. The lowest BCUT2D eigenvalue weighted by atomic mass is 10.00. The SMILES string of the molecule is CCCCCCCCCCCCCCCCNc1ccc(C(N)=O)c(CC(O)CO)c1. The van der Waals surface area contributed by atoms with E-state index >= 15 is 0 Å². The predicted octanol–water partition coefficient (Wildman–Crippen LogP) is 5.57. The van der Waals surface area contributed by atoms with Gasteiger partial charge < -0.3 is 21.3 Å². The smallest absolute Gasteiger partial charge is 0.248 e. The fraction of sp³-hybridized carbons (Fsp3) is 0.731. The molecule has 1 aromatic carbocycles. The first-order chi connectivity index (χ1) is 15.1. The molecule has 1 rings (SSSR count). The Morgan fingerprint density at radius 2 is 1.42 bits per heavy atom. The summed E-state index contributed by atoms with van der Waals surface area (Å²) in [5.41, 5.74) is 7.39. The maximum atomic E-state index is 11.6. The van der Waals surface area contributed by atoms with Crippen molar-refractivity contribution in [1.82, 2.24) is 0 Å². The molecule has 31 heavy (non-hydrogen) atoms. The normalized spacial score (nSPS) is 12.1. The summed E-state index contributed by atoms with van der Waals surface area (Å²) in [7, 11) is 0. The second-order valence-corrected chi connectivity index (χ2v) is 8.80. The molecule has 0 saturated heterocycles. The Labute approximate surface area is 189 Å². The summed E-state index contributed by atoms with van der Waals surface area (Å²) < 4.78 is 0. The number of amides is 1. The molecule has 0 bridgehead atoms. The summed E-state index contributed by atoms with van der Waals surface area (Å²) in [6.45, 7) is 2.82. The minimum Gasteiger partial charge on any atom is -0.394 e. The lowest BCUT2D eigenvalue weighted by molar-refractivity contribution is 0.0940. The van der Waals surface area contributed by atoms with Crippen molar-refractivity contribution < 1.29 is 15.0 Å². The lowest BCUT2D eigenvalue weighted by Crippen LogP contribution is -2.20. The average molecular weight is 435 g/mol. The number of hydrogen-bond donors (Lipinski definition) is 4. The first-order valence-electron chi connectivity index (χ1n) is 12.5. The fourth-order valence-electron chi connectivity index (χ4n) is 3.98. The number of unbranched alkanes of at least 4 members (excludes halogenated alkanes) is 13. The number of anilines is 1. The summed E-state index contributed by atoms with van der Waals surface area (Å²) >= 11 is 0. The predicted molar refractivity (Wildman–Crippen MR) is 131 cm³/mol. The van der Waals surface area contributed by atoms with Crippen LogP contribution in [0.5, 0.6) is 0 Å². The number of hydrogen-bond acceptors (Lipinski definition) is 4. The van der Waals surface area contributed by atoms with Crippen LogP contribution in [0.15, 0.2) is 18.2 Å². The van der Waals surface area contributed by atoms with Crippen molar-refractivity contribution in [3.8, 4) is 0 Å². The van der Waals surface area contributed by atoms with Crippen LogP contribution in [-0.4, -0.2) is 35.4 Å². The van der Waals surface area contributed by atoms with Gasteiger partial charge in [0.25, 0.3) is 0 Å². The van der Waals surface area contributed by atoms with E-state index in [4.69, 9.17) is 10.8 Å². The Bertz CT molecular complexity index is 592. The van der Waals surface area contributed by atoms with Crippen molar-refractivity contribution in [3.63, 3.8) is 0 Å². The van der Waals surface area contributed by atoms with Crippen LogP contribution in [0.4, 0.5) is 5.69 Å². The van der Waals surface area contributed by atoms with Gasteiger partial charge >= 0.3 is 0 Å². The highest BCUT2D eigenvalue weighted by Gasteiger charge is 2.13. The van der Waals surface area contributed by atoms with Gasteiger partial charge in [0.1, 0.15) is 0 Å². The van der Waals surface area contributed by atoms with E-state index in [-0.39, 0.29) is 13.0 Å². The van der Waals surface area contributed by atoms with Gasteiger partial charge in [0.05, 0.1) is 12.7 Å². The highest BCUT2D eigenvalue weighted by Crippen LogP contribution is 2.18. The number of carbonyl (C=O) groups excluding carboxylic acids is 1. The molecule has 0 spiro atoms. The van der Waals surface area contributed by atoms with E-state index in [1.807, 2.05) is 12.1 Å².